The van der Waals surface area contributed by atoms with Crippen molar-refractivity contribution in [2.45, 2.75) is 63.8 Å². The number of benzene rings is 1. The van der Waals surface area contributed by atoms with Crippen molar-refractivity contribution in [2.24, 2.45) is 0 Å². The van der Waals surface area contributed by atoms with E-state index in [1.54, 1.807) is 18.2 Å². The summed E-state index contributed by atoms with van der Waals surface area (Å²) in [6, 6.07) is 5.18. The Morgan fingerprint density at radius 3 is 2.33 bits per heavy atom. The van der Waals surface area contributed by atoms with Crippen molar-refractivity contribution in [3.8, 4) is 0 Å². The van der Waals surface area contributed by atoms with Gasteiger partial charge in [0, 0.05) is 51.1 Å². The second kappa shape index (κ2) is 10.5. The number of piperazine rings is 1. The third-order valence-corrected chi connectivity index (χ3v) is 9.19. The summed E-state index contributed by atoms with van der Waals surface area (Å²) in [5.74, 6) is -2.91. The van der Waals surface area contributed by atoms with E-state index in [1.165, 1.54) is 4.31 Å². The van der Waals surface area contributed by atoms with Crippen molar-refractivity contribution in [2.75, 3.05) is 38.5 Å². The monoisotopic (exact) mass is 505 g/mol. The fourth-order valence-corrected chi connectivity index (χ4v) is 6.68. The molecule has 1 aromatic rings. The predicted molar refractivity (Wildman–Crippen MR) is 127 cm³/mol. The van der Waals surface area contributed by atoms with E-state index in [2.05, 4.69) is 10.2 Å². The van der Waals surface area contributed by atoms with Crippen LogP contribution in [0.25, 0.3) is 0 Å². The smallest absolute Gasteiger partial charge is 0.252 e. The third-order valence-electron chi connectivity index (χ3n) is 6.92. The summed E-state index contributed by atoms with van der Waals surface area (Å²) in [6.45, 7) is 5.63. The van der Waals surface area contributed by atoms with Crippen LogP contribution in [-0.4, -0.2) is 73.5 Å². The van der Waals surface area contributed by atoms with Gasteiger partial charge in [-0.1, -0.05) is 31.0 Å². The SMILES string of the molecule is CCCCS(=O)(=O)N1CCN(C2(CNC(=O)c3ccc(C)cc3Cl)CCC(F)(F)CC2)CC1. The van der Waals surface area contributed by atoms with Crippen LogP contribution >= 0.6 is 11.6 Å². The molecule has 1 saturated carbocycles. The lowest BCUT2D eigenvalue weighted by molar-refractivity contribution is -0.0856. The van der Waals surface area contributed by atoms with Crippen LogP contribution in [0.5, 0.6) is 0 Å². The van der Waals surface area contributed by atoms with Gasteiger partial charge in [0.15, 0.2) is 0 Å². The molecule has 1 aliphatic carbocycles. The van der Waals surface area contributed by atoms with E-state index < -0.39 is 21.5 Å². The lowest BCUT2D eigenvalue weighted by Crippen LogP contribution is -2.63. The zero-order chi connectivity index (χ0) is 24.3. The summed E-state index contributed by atoms with van der Waals surface area (Å²) in [7, 11) is -3.31. The number of rotatable bonds is 8. The highest BCUT2D eigenvalue weighted by atomic mass is 35.5. The summed E-state index contributed by atoms with van der Waals surface area (Å²) in [5, 5.41) is 3.27. The van der Waals surface area contributed by atoms with Crippen LogP contribution in [0.4, 0.5) is 8.78 Å². The first kappa shape index (κ1) is 26.3. The normalized spacial score (nSPS) is 21.6. The third kappa shape index (κ3) is 6.44. The standard InChI is InChI=1S/C23H34ClF2N3O3S/c1-3-4-15-33(31,32)29-13-11-28(12-14-29)22(7-9-23(25,26)10-8-22)17-27-21(30)19-6-5-18(2)16-20(19)24/h5-6,16H,3-4,7-15,17H2,1-2H3,(H,27,30). The van der Waals surface area contributed by atoms with Crippen molar-refractivity contribution < 1.29 is 22.0 Å². The number of aryl methyl sites for hydroxylation is 1. The zero-order valence-electron chi connectivity index (χ0n) is 19.4. The van der Waals surface area contributed by atoms with Crippen LogP contribution in [-0.2, 0) is 10.0 Å². The van der Waals surface area contributed by atoms with E-state index >= 15 is 0 Å². The number of nitrogens with one attached hydrogen (secondary N) is 1. The largest absolute Gasteiger partial charge is 0.350 e. The minimum absolute atomic E-state index is 0.133. The highest BCUT2D eigenvalue weighted by Gasteiger charge is 2.47. The summed E-state index contributed by atoms with van der Waals surface area (Å²) in [5.41, 5.74) is 0.660. The van der Waals surface area contributed by atoms with Gasteiger partial charge < -0.3 is 5.32 Å². The molecule has 2 fully saturated rings. The first-order chi connectivity index (χ1) is 15.5. The quantitative estimate of drug-likeness (QED) is 0.578. The Labute approximate surface area is 200 Å². The Morgan fingerprint density at radius 1 is 1.12 bits per heavy atom. The molecule has 1 saturated heterocycles. The van der Waals surface area contributed by atoms with Gasteiger partial charge in [-0.2, -0.15) is 4.31 Å². The van der Waals surface area contributed by atoms with Gasteiger partial charge >= 0.3 is 0 Å². The van der Waals surface area contributed by atoms with Crippen LogP contribution < -0.4 is 5.32 Å². The van der Waals surface area contributed by atoms with Gasteiger partial charge in [-0.15, -0.1) is 0 Å². The van der Waals surface area contributed by atoms with Gasteiger partial charge in [0.1, 0.15) is 0 Å². The minimum Gasteiger partial charge on any atom is -0.350 e. The topological polar surface area (TPSA) is 69.7 Å². The molecule has 33 heavy (non-hydrogen) atoms. The van der Waals surface area contributed by atoms with Crippen LogP contribution in [0.1, 0.15) is 61.4 Å². The number of carbonyl (C=O) groups is 1. The van der Waals surface area contributed by atoms with E-state index in [0.29, 0.717) is 43.2 Å². The molecule has 0 aromatic heterocycles. The van der Waals surface area contributed by atoms with Crippen molar-refractivity contribution in [3.05, 3.63) is 34.3 Å². The second-order valence-corrected chi connectivity index (χ2v) is 11.8. The number of hydrogen-bond acceptors (Lipinski definition) is 4. The predicted octanol–water partition coefficient (Wildman–Crippen LogP) is 4.07. The summed E-state index contributed by atoms with van der Waals surface area (Å²) in [4.78, 5) is 14.9. The molecule has 1 heterocycles. The average molecular weight is 506 g/mol. The first-order valence-corrected chi connectivity index (χ1v) is 13.6. The molecule has 3 rings (SSSR count). The van der Waals surface area contributed by atoms with Crippen molar-refractivity contribution >= 4 is 27.5 Å². The van der Waals surface area contributed by atoms with Crippen molar-refractivity contribution in [1.29, 1.82) is 0 Å². The fourth-order valence-electron chi connectivity index (χ4n) is 4.73. The van der Waals surface area contributed by atoms with Gasteiger partial charge in [-0.25, -0.2) is 17.2 Å². The summed E-state index contributed by atoms with van der Waals surface area (Å²) in [6.07, 6.45) is 1.41. The number of nitrogens with zero attached hydrogens (tertiary/aromatic N) is 2. The van der Waals surface area contributed by atoms with Crippen LogP contribution in [0.3, 0.4) is 0 Å². The maximum atomic E-state index is 14.0. The number of alkyl halides is 2. The lowest BCUT2D eigenvalue weighted by Gasteiger charge is -2.50. The van der Waals surface area contributed by atoms with Gasteiger partial charge in [-0.3, -0.25) is 9.69 Å². The Kier molecular flexibility index (Phi) is 8.41. The Bertz CT molecular complexity index is 940. The molecule has 0 spiro atoms. The molecule has 1 amide bonds. The maximum Gasteiger partial charge on any atom is 0.252 e. The van der Waals surface area contributed by atoms with E-state index in [0.717, 1.165) is 12.0 Å². The maximum absolute atomic E-state index is 14.0. The lowest BCUT2D eigenvalue weighted by atomic mass is 9.78. The molecule has 0 atom stereocenters. The molecule has 1 N–H and O–H groups in total. The summed E-state index contributed by atoms with van der Waals surface area (Å²) >= 11 is 6.23. The van der Waals surface area contributed by atoms with Gasteiger partial charge in [0.2, 0.25) is 15.9 Å². The minimum atomic E-state index is -3.31. The van der Waals surface area contributed by atoms with E-state index in [4.69, 9.17) is 11.6 Å². The average Bonchev–Trinajstić information content (AvgIpc) is 2.77. The van der Waals surface area contributed by atoms with Crippen molar-refractivity contribution in [3.63, 3.8) is 0 Å². The Hall–Kier alpha value is -1.29. The van der Waals surface area contributed by atoms with Gasteiger partial charge in [0.05, 0.1) is 16.3 Å². The van der Waals surface area contributed by atoms with E-state index in [1.807, 2.05) is 13.8 Å². The van der Waals surface area contributed by atoms with E-state index in [9.17, 15) is 22.0 Å². The van der Waals surface area contributed by atoms with E-state index in [-0.39, 0.29) is 43.9 Å². The second-order valence-electron chi connectivity index (χ2n) is 9.30. The molecule has 1 aromatic carbocycles. The molecule has 6 nitrogen and oxygen atoms in total. The number of carbonyl (C=O) groups excluding carboxylic acids is 1. The number of hydrogen-bond donors (Lipinski definition) is 1. The molecular formula is C23H34ClF2N3O3S. The van der Waals surface area contributed by atoms with Gasteiger partial charge in [0.25, 0.3) is 5.91 Å². The zero-order valence-corrected chi connectivity index (χ0v) is 21.0. The number of halogens is 3. The molecule has 0 unspecified atom stereocenters. The fraction of sp³-hybridized carbons (Fsp3) is 0.696. The Morgan fingerprint density at radius 2 is 1.76 bits per heavy atom. The Balaban J connectivity index is 1.70. The van der Waals surface area contributed by atoms with Gasteiger partial charge in [-0.05, 0) is 43.9 Å². The van der Waals surface area contributed by atoms with Crippen molar-refractivity contribution in [1.82, 2.24) is 14.5 Å². The number of unbranched alkanes of at least 4 members (excludes halogenated alkanes) is 1. The highest BCUT2D eigenvalue weighted by Crippen LogP contribution is 2.42. The number of sulfonamides is 1. The van der Waals surface area contributed by atoms with Crippen LogP contribution in [0.2, 0.25) is 5.02 Å². The molecule has 186 valence electrons. The molecular weight excluding hydrogens is 472 g/mol. The first-order valence-electron chi connectivity index (χ1n) is 11.6. The molecule has 10 heteroatoms. The van der Waals surface area contributed by atoms with Crippen LogP contribution in [0.15, 0.2) is 18.2 Å². The summed E-state index contributed by atoms with van der Waals surface area (Å²) < 4.78 is 54.6. The van der Waals surface area contributed by atoms with Crippen LogP contribution in [0, 0.1) is 6.92 Å². The highest BCUT2D eigenvalue weighted by molar-refractivity contribution is 7.89. The molecule has 0 bridgehead atoms. The number of amides is 1. The molecule has 2 aliphatic rings. The molecule has 0 radical (unpaired) electrons. The molecule has 1 aliphatic heterocycles.